The Bertz CT molecular complexity index is 846. The van der Waals surface area contributed by atoms with Gasteiger partial charge in [-0.05, 0) is 36.1 Å². The van der Waals surface area contributed by atoms with Gasteiger partial charge in [-0.3, -0.25) is 4.79 Å². The fourth-order valence-corrected chi connectivity index (χ4v) is 4.07. The van der Waals surface area contributed by atoms with E-state index in [0.717, 1.165) is 16.3 Å². The highest BCUT2D eigenvalue weighted by Gasteiger charge is 2.18. The van der Waals surface area contributed by atoms with Crippen LogP contribution in [0.5, 0.6) is 0 Å². The van der Waals surface area contributed by atoms with Crippen LogP contribution in [0.3, 0.4) is 0 Å². The number of benzene rings is 1. The third-order valence-corrected chi connectivity index (χ3v) is 5.67. The molecule has 130 valence electrons. The maximum absolute atomic E-state index is 13.1. The van der Waals surface area contributed by atoms with E-state index in [1.807, 2.05) is 29.0 Å². The number of nitrogens with zero attached hydrogens (tertiary/aromatic N) is 3. The van der Waals surface area contributed by atoms with Crippen molar-refractivity contribution in [1.82, 2.24) is 14.8 Å². The summed E-state index contributed by atoms with van der Waals surface area (Å²) >= 11 is 3.08. The molecule has 1 aromatic carbocycles. The lowest BCUT2D eigenvalue weighted by atomic mass is 10.2. The molecule has 1 atom stereocenters. The molecule has 0 bridgehead atoms. The smallest absolute Gasteiger partial charge is 0.219 e. The lowest BCUT2D eigenvalue weighted by molar-refractivity contribution is -0.118. The lowest BCUT2D eigenvalue weighted by Crippen LogP contribution is -2.15. The molecule has 0 aliphatic carbocycles. The molecule has 1 amide bonds. The number of halogens is 1. The molecule has 0 spiro atoms. The molecule has 0 fully saturated rings. The molecular weight excluding hydrogens is 359 g/mol. The summed E-state index contributed by atoms with van der Waals surface area (Å²) < 4.78 is 15.0. The van der Waals surface area contributed by atoms with Crippen LogP contribution >= 0.6 is 23.1 Å². The van der Waals surface area contributed by atoms with Crippen LogP contribution in [0.1, 0.15) is 24.2 Å². The first-order chi connectivity index (χ1) is 12.0. The third-order valence-electron chi connectivity index (χ3n) is 3.66. The number of aromatic nitrogens is 3. The Morgan fingerprint density at radius 3 is 2.72 bits per heavy atom. The molecular formula is C17H17FN4OS2. The van der Waals surface area contributed by atoms with E-state index in [-0.39, 0.29) is 23.4 Å². The molecule has 0 radical (unpaired) electrons. The van der Waals surface area contributed by atoms with Crippen molar-refractivity contribution in [3.05, 3.63) is 53.2 Å². The van der Waals surface area contributed by atoms with Crippen molar-refractivity contribution >= 4 is 29.0 Å². The molecule has 3 rings (SSSR count). The summed E-state index contributed by atoms with van der Waals surface area (Å²) in [5.41, 5.74) is 6.30. The predicted octanol–water partition coefficient (Wildman–Crippen LogP) is 3.87. The van der Waals surface area contributed by atoms with E-state index in [0.29, 0.717) is 11.7 Å². The zero-order valence-electron chi connectivity index (χ0n) is 13.6. The van der Waals surface area contributed by atoms with Crippen molar-refractivity contribution in [2.75, 3.05) is 0 Å². The van der Waals surface area contributed by atoms with Crippen LogP contribution < -0.4 is 5.73 Å². The Morgan fingerprint density at radius 1 is 1.32 bits per heavy atom. The van der Waals surface area contributed by atoms with E-state index in [9.17, 15) is 9.18 Å². The third kappa shape index (κ3) is 4.26. The van der Waals surface area contributed by atoms with E-state index in [1.54, 1.807) is 23.5 Å². The molecule has 2 N–H and O–H groups in total. The highest BCUT2D eigenvalue weighted by atomic mass is 32.2. The Hall–Kier alpha value is -2.19. The quantitative estimate of drug-likeness (QED) is 0.635. The van der Waals surface area contributed by atoms with Gasteiger partial charge in [-0.15, -0.1) is 21.5 Å². The van der Waals surface area contributed by atoms with E-state index >= 15 is 0 Å². The standard InChI is InChI=1S/C17H17FN4OS2/c1-11(12-4-6-13(18)7-5-12)25-17-21-20-16(14-3-2-10-24-14)22(17)9-8-15(19)23/h2-7,10-11H,8-9H2,1H3,(H2,19,23). The molecule has 5 nitrogen and oxygen atoms in total. The summed E-state index contributed by atoms with van der Waals surface area (Å²) in [5, 5.41) is 11.3. The number of hydrogen-bond acceptors (Lipinski definition) is 5. The number of carbonyl (C=O) groups is 1. The van der Waals surface area contributed by atoms with E-state index in [4.69, 9.17) is 5.73 Å². The Balaban J connectivity index is 1.87. The number of hydrogen-bond donors (Lipinski definition) is 1. The predicted molar refractivity (Wildman–Crippen MR) is 97.8 cm³/mol. The van der Waals surface area contributed by atoms with Gasteiger partial charge in [-0.2, -0.15) is 0 Å². The maximum atomic E-state index is 13.1. The normalized spacial score (nSPS) is 12.2. The van der Waals surface area contributed by atoms with Gasteiger partial charge in [0.2, 0.25) is 5.91 Å². The molecule has 0 aliphatic heterocycles. The minimum atomic E-state index is -0.367. The monoisotopic (exact) mass is 376 g/mol. The van der Waals surface area contributed by atoms with Crippen LogP contribution in [0.15, 0.2) is 46.9 Å². The second kappa shape index (κ2) is 7.79. The molecule has 0 saturated carbocycles. The molecule has 0 saturated heterocycles. The van der Waals surface area contributed by atoms with Crippen LogP contribution in [-0.2, 0) is 11.3 Å². The van der Waals surface area contributed by atoms with E-state index in [1.165, 1.54) is 23.9 Å². The zero-order chi connectivity index (χ0) is 17.8. The van der Waals surface area contributed by atoms with Gasteiger partial charge in [0.1, 0.15) is 5.82 Å². The number of primary amides is 1. The molecule has 3 aromatic rings. The first kappa shape index (κ1) is 17.6. The average molecular weight is 376 g/mol. The number of amides is 1. The summed E-state index contributed by atoms with van der Waals surface area (Å²) in [5.74, 6) is 0.101. The minimum Gasteiger partial charge on any atom is -0.370 e. The van der Waals surface area contributed by atoms with Crippen molar-refractivity contribution in [1.29, 1.82) is 0 Å². The van der Waals surface area contributed by atoms with Gasteiger partial charge in [0.15, 0.2) is 11.0 Å². The van der Waals surface area contributed by atoms with Crippen molar-refractivity contribution < 1.29 is 9.18 Å². The van der Waals surface area contributed by atoms with Crippen LogP contribution in [-0.4, -0.2) is 20.7 Å². The molecule has 2 aromatic heterocycles. The van der Waals surface area contributed by atoms with Crippen molar-refractivity contribution in [3.63, 3.8) is 0 Å². The topological polar surface area (TPSA) is 73.8 Å². The number of nitrogens with two attached hydrogens (primary N) is 1. The summed E-state index contributed by atoms with van der Waals surface area (Å²) in [6.07, 6.45) is 0.217. The molecule has 0 aliphatic rings. The van der Waals surface area contributed by atoms with Crippen LogP contribution in [0, 0.1) is 5.82 Å². The van der Waals surface area contributed by atoms with Gasteiger partial charge in [0.25, 0.3) is 0 Å². The van der Waals surface area contributed by atoms with Gasteiger partial charge in [-0.25, -0.2) is 4.39 Å². The van der Waals surface area contributed by atoms with Crippen LogP contribution in [0.25, 0.3) is 10.7 Å². The first-order valence-electron chi connectivity index (χ1n) is 7.72. The molecule has 8 heteroatoms. The zero-order valence-corrected chi connectivity index (χ0v) is 15.2. The number of thioether (sulfide) groups is 1. The summed E-state index contributed by atoms with van der Waals surface area (Å²) in [6.45, 7) is 2.45. The fourth-order valence-electron chi connectivity index (χ4n) is 2.35. The highest BCUT2D eigenvalue weighted by Crippen LogP contribution is 2.36. The average Bonchev–Trinajstić information content (AvgIpc) is 3.23. The highest BCUT2D eigenvalue weighted by molar-refractivity contribution is 7.99. The SMILES string of the molecule is CC(Sc1nnc(-c2cccs2)n1CCC(N)=O)c1ccc(F)cc1. The maximum Gasteiger partial charge on any atom is 0.219 e. The summed E-state index contributed by atoms with van der Waals surface area (Å²) in [4.78, 5) is 12.2. The van der Waals surface area contributed by atoms with Gasteiger partial charge >= 0.3 is 0 Å². The van der Waals surface area contributed by atoms with Crippen molar-refractivity contribution in [2.24, 2.45) is 5.73 Å². The van der Waals surface area contributed by atoms with Gasteiger partial charge in [0, 0.05) is 18.2 Å². The van der Waals surface area contributed by atoms with Crippen LogP contribution in [0.2, 0.25) is 0 Å². The molecule has 25 heavy (non-hydrogen) atoms. The first-order valence-corrected chi connectivity index (χ1v) is 9.48. The van der Waals surface area contributed by atoms with E-state index in [2.05, 4.69) is 10.2 Å². The second-order valence-corrected chi connectivity index (χ2v) is 7.72. The second-order valence-electron chi connectivity index (χ2n) is 5.46. The number of rotatable bonds is 7. The molecule has 2 heterocycles. The van der Waals surface area contributed by atoms with Gasteiger partial charge in [-0.1, -0.05) is 30.0 Å². The fraction of sp³-hybridized carbons (Fsp3) is 0.235. The number of carbonyl (C=O) groups excluding carboxylic acids is 1. The van der Waals surface area contributed by atoms with Crippen molar-refractivity contribution in [2.45, 2.75) is 30.3 Å². The van der Waals surface area contributed by atoms with E-state index < -0.39 is 0 Å². The summed E-state index contributed by atoms with van der Waals surface area (Å²) in [7, 11) is 0. The Labute approximate surface area is 153 Å². The number of thiophene rings is 1. The largest absolute Gasteiger partial charge is 0.370 e. The van der Waals surface area contributed by atoms with Gasteiger partial charge in [0.05, 0.1) is 4.88 Å². The van der Waals surface area contributed by atoms with Crippen molar-refractivity contribution in [3.8, 4) is 10.7 Å². The summed E-state index contributed by atoms with van der Waals surface area (Å²) in [6, 6.07) is 10.3. The lowest BCUT2D eigenvalue weighted by Gasteiger charge is -2.13. The minimum absolute atomic E-state index is 0.0633. The Morgan fingerprint density at radius 2 is 2.08 bits per heavy atom. The molecule has 1 unspecified atom stereocenters. The Kier molecular flexibility index (Phi) is 5.50. The van der Waals surface area contributed by atoms with Gasteiger partial charge < -0.3 is 10.3 Å². The van der Waals surface area contributed by atoms with Crippen LogP contribution in [0.4, 0.5) is 4.39 Å².